The van der Waals surface area contributed by atoms with E-state index in [9.17, 15) is 9.32 Å². The fraction of sp³-hybridized carbons (Fsp3) is 0.565. The van der Waals surface area contributed by atoms with Crippen LogP contribution in [-0.4, -0.2) is 56.8 Å². The Morgan fingerprint density at radius 3 is 2.58 bits per heavy atom. The number of aromatic nitrogens is 2. The molecule has 2 saturated carbocycles. The van der Waals surface area contributed by atoms with Gasteiger partial charge in [0.2, 0.25) is 5.95 Å². The van der Waals surface area contributed by atoms with Crippen molar-refractivity contribution in [3.8, 4) is 0 Å². The molecule has 1 aromatic heterocycles. The fourth-order valence-corrected chi connectivity index (χ4v) is 7.31. The second-order valence-corrected chi connectivity index (χ2v) is 11.5. The standard InChI is InChI=1S/C23H27ClN4O2S/c24-18-4-2-15(3-5-18)20-16-10-17(20)13-27(12-16)22-25-11-19-21(26-22)28(8-9-31(19)30)23(14-29)6-1-7-23/h2-5,11,16-17,20,29H,1,6-10,12-14H2/t16?,17?,20?,31-/m1/s1. The fourth-order valence-electron chi connectivity index (χ4n) is 6.09. The molecule has 3 aliphatic heterocycles. The van der Waals surface area contributed by atoms with Crippen molar-refractivity contribution in [2.45, 2.75) is 42.0 Å². The zero-order valence-corrected chi connectivity index (χ0v) is 19.0. The highest BCUT2D eigenvalue weighted by Gasteiger charge is 2.49. The number of benzene rings is 1. The molecule has 2 bridgehead atoms. The van der Waals surface area contributed by atoms with E-state index in [0.29, 0.717) is 30.1 Å². The quantitative estimate of drug-likeness (QED) is 0.758. The first-order valence-corrected chi connectivity index (χ1v) is 12.9. The van der Waals surface area contributed by atoms with Crippen LogP contribution in [0, 0.1) is 11.8 Å². The van der Waals surface area contributed by atoms with Crippen LogP contribution in [0.3, 0.4) is 0 Å². The first-order valence-electron chi connectivity index (χ1n) is 11.2. The highest BCUT2D eigenvalue weighted by atomic mass is 35.5. The summed E-state index contributed by atoms with van der Waals surface area (Å²) in [6.45, 7) is 2.68. The summed E-state index contributed by atoms with van der Waals surface area (Å²) in [6, 6.07) is 8.30. The maximum Gasteiger partial charge on any atom is 0.227 e. The average molecular weight is 459 g/mol. The van der Waals surface area contributed by atoms with Gasteiger partial charge in [-0.05, 0) is 61.1 Å². The monoisotopic (exact) mass is 458 g/mol. The Kier molecular flexibility index (Phi) is 4.78. The van der Waals surface area contributed by atoms with Crippen LogP contribution in [0.2, 0.25) is 5.02 Å². The van der Waals surface area contributed by atoms with Gasteiger partial charge in [-0.2, -0.15) is 4.98 Å². The number of nitrogens with zero attached hydrogens (tertiary/aromatic N) is 4. The topological polar surface area (TPSA) is 69.6 Å². The minimum absolute atomic E-state index is 0.120. The molecule has 6 nitrogen and oxygen atoms in total. The molecule has 8 heteroatoms. The van der Waals surface area contributed by atoms with Gasteiger partial charge in [0.25, 0.3) is 0 Å². The summed E-state index contributed by atoms with van der Waals surface area (Å²) in [4.78, 5) is 14.8. The number of piperidine rings is 2. The Labute approximate surface area is 190 Å². The van der Waals surface area contributed by atoms with Crippen LogP contribution in [-0.2, 0) is 10.8 Å². The predicted octanol–water partition coefficient (Wildman–Crippen LogP) is 3.21. The molecule has 2 saturated heterocycles. The van der Waals surface area contributed by atoms with Crippen LogP contribution in [0.25, 0.3) is 0 Å². The molecule has 5 aliphatic rings. The van der Waals surface area contributed by atoms with Gasteiger partial charge in [-0.3, -0.25) is 4.21 Å². The SMILES string of the molecule is O=[S@@]1CCN(C2(CO)CCC2)c2nc(N3CC4CC(C3)C4c3ccc(Cl)cc3)ncc21. The molecule has 0 spiro atoms. The summed E-state index contributed by atoms with van der Waals surface area (Å²) < 4.78 is 12.6. The minimum atomic E-state index is -1.07. The maximum absolute atomic E-state index is 12.6. The number of aliphatic hydroxyl groups is 1. The van der Waals surface area contributed by atoms with Crippen molar-refractivity contribution < 1.29 is 9.32 Å². The number of hydrogen-bond acceptors (Lipinski definition) is 6. The van der Waals surface area contributed by atoms with E-state index in [1.165, 1.54) is 12.0 Å². The summed E-state index contributed by atoms with van der Waals surface area (Å²) in [5.74, 6) is 3.87. The largest absolute Gasteiger partial charge is 0.394 e. The van der Waals surface area contributed by atoms with Crippen LogP contribution < -0.4 is 9.80 Å². The van der Waals surface area contributed by atoms with E-state index in [-0.39, 0.29) is 12.1 Å². The lowest BCUT2D eigenvalue weighted by Gasteiger charge is -2.54. The summed E-state index contributed by atoms with van der Waals surface area (Å²) in [5.41, 5.74) is 1.14. The smallest absolute Gasteiger partial charge is 0.227 e. The van der Waals surface area contributed by atoms with Crippen LogP contribution in [0.4, 0.5) is 11.8 Å². The lowest BCUT2D eigenvalue weighted by Crippen LogP contribution is -2.59. The van der Waals surface area contributed by atoms with Crippen LogP contribution in [0.1, 0.15) is 37.2 Å². The molecule has 164 valence electrons. The molecule has 2 aliphatic carbocycles. The van der Waals surface area contributed by atoms with Gasteiger partial charge < -0.3 is 14.9 Å². The summed E-state index contributed by atoms with van der Waals surface area (Å²) in [5, 5.41) is 10.9. The van der Waals surface area contributed by atoms with Gasteiger partial charge in [0, 0.05) is 30.4 Å². The summed E-state index contributed by atoms with van der Waals surface area (Å²) >= 11 is 6.07. The first kappa shape index (κ1) is 19.9. The molecule has 2 aromatic rings. The Morgan fingerprint density at radius 1 is 1.19 bits per heavy atom. The second kappa shape index (κ2) is 7.42. The molecule has 4 heterocycles. The molecule has 1 aromatic carbocycles. The van der Waals surface area contributed by atoms with E-state index in [1.807, 2.05) is 12.1 Å². The maximum atomic E-state index is 12.6. The van der Waals surface area contributed by atoms with Crippen molar-refractivity contribution in [1.82, 2.24) is 9.97 Å². The van der Waals surface area contributed by atoms with E-state index in [4.69, 9.17) is 16.6 Å². The Balaban J connectivity index is 1.26. The lowest BCUT2D eigenvalue weighted by molar-refractivity contribution is 0.110. The van der Waals surface area contributed by atoms with E-state index in [2.05, 4.69) is 26.9 Å². The van der Waals surface area contributed by atoms with Gasteiger partial charge in [0.1, 0.15) is 0 Å². The Bertz CT molecular complexity index is 1010. The van der Waals surface area contributed by atoms with Gasteiger partial charge in [0.05, 0.1) is 34.0 Å². The van der Waals surface area contributed by atoms with E-state index in [1.54, 1.807) is 6.20 Å². The van der Waals surface area contributed by atoms with Crippen molar-refractivity contribution in [3.05, 3.63) is 41.0 Å². The van der Waals surface area contributed by atoms with Gasteiger partial charge in [-0.1, -0.05) is 23.7 Å². The van der Waals surface area contributed by atoms with Crippen molar-refractivity contribution in [2.24, 2.45) is 11.8 Å². The molecule has 0 radical (unpaired) electrons. The predicted molar refractivity (Wildman–Crippen MR) is 122 cm³/mol. The molecule has 2 unspecified atom stereocenters. The van der Waals surface area contributed by atoms with Gasteiger partial charge in [-0.15, -0.1) is 0 Å². The number of halogens is 1. The molecule has 31 heavy (non-hydrogen) atoms. The van der Waals surface area contributed by atoms with Crippen LogP contribution >= 0.6 is 11.6 Å². The number of hydrogen-bond donors (Lipinski definition) is 1. The Hall–Kier alpha value is -1.70. The van der Waals surface area contributed by atoms with Gasteiger partial charge in [-0.25, -0.2) is 4.98 Å². The molecule has 3 atom stereocenters. The molecule has 4 fully saturated rings. The molecule has 0 amide bonds. The first-order chi connectivity index (χ1) is 15.1. The number of fused-ring (bicyclic) bond motifs is 3. The Morgan fingerprint density at radius 2 is 1.94 bits per heavy atom. The van der Waals surface area contributed by atoms with Crippen molar-refractivity contribution >= 4 is 34.2 Å². The summed E-state index contributed by atoms with van der Waals surface area (Å²) in [6.07, 6.45) is 6.06. The highest BCUT2D eigenvalue weighted by molar-refractivity contribution is 7.85. The third-order valence-corrected chi connectivity index (χ3v) is 9.53. The number of aliphatic hydroxyl groups excluding tert-OH is 1. The molecular formula is C23H27ClN4O2S. The molecule has 7 rings (SSSR count). The number of rotatable bonds is 4. The van der Waals surface area contributed by atoms with Crippen molar-refractivity contribution in [3.63, 3.8) is 0 Å². The normalized spacial score (nSPS) is 30.9. The second-order valence-electron chi connectivity index (χ2n) is 9.53. The van der Waals surface area contributed by atoms with E-state index in [0.717, 1.165) is 54.0 Å². The third kappa shape index (κ3) is 3.11. The third-order valence-electron chi connectivity index (χ3n) is 7.94. The molecular weight excluding hydrogens is 432 g/mol. The minimum Gasteiger partial charge on any atom is -0.394 e. The highest BCUT2D eigenvalue weighted by Crippen LogP contribution is 2.52. The van der Waals surface area contributed by atoms with E-state index < -0.39 is 10.8 Å². The van der Waals surface area contributed by atoms with Crippen LogP contribution in [0.5, 0.6) is 0 Å². The van der Waals surface area contributed by atoms with Crippen LogP contribution in [0.15, 0.2) is 35.4 Å². The summed E-state index contributed by atoms with van der Waals surface area (Å²) in [7, 11) is -1.07. The van der Waals surface area contributed by atoms with Crippen molar-refractivity contribution in [2.75, 3.05) is 41.8 Å². The van der Waals surface area contributed by atoms with Crippen molar-refractivity contribution in [1.29, 1.82) is 0 Å². The lowest BCUT2D eigenvalue weighted by atomic mass is 9.59. The number of anilines is 2. The zero-order chi connectivity index (χ0) is 21.2. The van der Waals surface area contributed by atoms with Gasteiger partial charge in [0.15, 0.2) is 5.82 Å². The van der Waals surface area contributed by atoms with E-state index >= 15 is 0 Å². The van der Waals surface area contributed by atoms with Gasteiger partial charge >= 0.3 is 0 Å². The molecule has 1 N–H and O–H groups in total. The zero-order valence-electron chi connectivity index (χ0n) is 17.4. The average Bonchev–Trinajstić information content (AvgIpc) is 2.76.